The maximum absolute atomic E-state index is 12.9. The van der Waals surface area contributed by atoms with Gasteiger partial charge in [0.1, 0.15) is 5.56 Å². The van der Waals surface area contributed by atoms with Crippen LogP contribution in [0.15, 0.2) is 18.2 Å². The maximum Gasteiger partial charge on any atom is 0.423 e. The minimum absolute atomic E-state index is 0.112. The van der Waals surface area contributed by atoms with Crippen LogP contribution >= 0.6 is 0 Å². The van der Waals surface area contributed by atoms with Crippen LogP contribution in [-0.4, -0.2) is 11.0 Å². The Hall–Kier alpha value is -1.79. The Morgan fingerprint density at radius 3 is 2.52 bits per heavy atom. The molecule has 2 atom stereocenters. The molecular formula is C14H17F3N2O2. The van der Waals surface area contributed by atoms with E-state index in [0.717, 1.165) is 37.8 Å². The molecule has 1 fully saturated rings. The fourth-order valence-corrected chi connectivity index (χ4v) is 2.76. The number of halogens is 3. The summed E-state index contributed by atoms with van der Waals surface area (Å²) in [4.78, 5) is 9.70. The Balaban J connectivity index is 2.27. The molecule has 1 aromatic carbocycles. The third-order valence-electron chi connectivity index (χ3n) is 3.96. The Morgan fingerprint density at radius 2 is 1.95 bits per heavy atom. The fraction of sp³-hybridized carbons (Fsp3) is 0.571. The predicted molar refractivity (Wildman–Crippen MR) is 73.1 cm³/mol. The minimum atomic E-state index is -4.74. The molecule has 21 heavy (non-hydrogen) atoms. The molecule has 0 radical (unpaired) electrons. The number of nitrogens with one attached hydrogen (secondary N) is 1. The van der Waals surface area contributed by atoms with Crippen LogP contribution < -0.4 is 5.32 Å². The van der Waals surface area contributed by atoms with Gasteiger partial charge in [0.2, 0.25) is 0 Å². The van der Waals surface area contributed by atoms with E-state index in [9.17, 15) is 23.3 Å². The monoisotopic (exact) mass is 302 g/mol. The molecule has 1 saturated carbocycles. The van der Waals surface area contributed by atoms with Crippen LogP contribution in [0, 0.1) is 16.0 Å². The highest BCUT2D eigenvalue weighted by atomic mass is 19.4. The van der Waals surface area contributed by atoms with E-state index in [2.05, 4.69) is 12.2 Å². The zero-order chi connectivity index (χ0) is 15.6. The van der Waals surface area contributed by atoms with E-state index < -0.39 is 22.4 Å². The van der Waals surface area contributed by atoms with Gasteiger partial charge >= 0.3 is 6.18 Å². The highest BCUT2D eigenvalue weighted by molar-refractivity contribution is 5.55. The number of hydrogen-bond donors (Lipinski definition) is 1. The van der Waals surface area contributed by atoms with Gasteiger partial charge in [0.25, 0.3) is 5.69 Å². The molecule has 2 rings (SSSR count). The first-order valence-electron chi connectivity index (χ1n) is 6.91. The summed E-state index contributed by atoms with van der Waals surface area (Å²) in [5.41, 5.74) is -1.84. The van der Waals surface area contributed by atoms with Crippen LogP contribution in [0.1, 0.15) is 38.2 Å². The van der Waals surface area contributed by atoms with Gasteiger partial charge in [-0.15, -0.1) is 0 Å². The number of hydrogen-bond acceptors (Lipinski definition) is 3. The van der Waals surface area contributed by atoms with Crippen molar-refractivity contribution in [3.05, 3.63) is 33.9 Å². The summed E-state index contributed by atoms with van der Waals surface area (Å²) in [5.74, 6) is 0.378. The molecule has 0 amide bonds. The van der Waals surface area contributed by atoms with Gasteiger partial charge < -0.3 is 5.32 Å². The van der Waals surface area contributed by atoms with Gasteiger partial charge in [-0.3, -0.25) is 10.1 Å². The van der Waals surface area contributed by atoms with Gasteiger partial charge in [0.05, 0.1) is 4.92 Å². The highest BCUT2D eigenvalue weighted by Gasteiger charge is 2.38. The summed E-state index contributed by atoms with van der Waals surface area (Å²) >= 11 is 0. The molecule has 116 valence electrons. The summed E-state index contributed by atoms with van der Waals surface area (Å²) in [6.07, 6.45) is -0.622. The Morgan fingerprint density at radius 1 is 1.29 bits per heavy atom. The van der Waals surface area contributed by atoms with Crippen molar-refractivity contribution in [2.75, 3.05) is 5.32 Å². The Labute approximate surface area is 120 Å². The Kier molecular flexibility index (Phi) is 4.39. The SMILES string of the molecule is CC1CCCCC1Nc1ccc([N+](=O)[O-])c(C(F)(F)F)c1. The predicted octanol–water partition coefficient (Wildman–Crippen LogP) is 4.60. The lowest BCUT2D eigenvalue weighted by molar-refractivity contribution is -0.388. The van der Waals surface area contributed by atoms with Crippen LogP contribution in [0.3, 0.4) is 0 Å². The zero-order valence-electron chi connectivity index (χ0n) is 11.6. The normalized spacial score (nSPS) is 22.9. The van der Waals surface area contributed by atoms with Gasteiger partial charge in [-0.2, -0.15) is 13.2 Å². The molecule has 2 unspecified atom stereocenters. The van der Waals surface area contributed by atoms with E-state index >= 15 is 0 Å². The molecule has 0 saturated heterocycles. The topological polar surface area (TPSA) is 55.2 Å². The number of anilines is 1. The van der Waals surface area contributed by atoms with Crippen molar-refractivity contribution in [2.45, 2.75) is 44.8 Å². The van der Waals surface area contributed by atoms with Crippen molar-refractivity contribution in [2.24, 2.45) is 5.92 Å². The average Bonchev–Trinajstić information content (AvgIpc) is 2.40. The molecule has 1 aromatic rings. The lowest BCUT2D eigenvalue weighted by Crippen LogP contribution is -2.30. The van der Waals surface area contributed by atoms with Crippen LogP contribution in [0.2, 0.25) is 0 Å². The van der Waals surface area contributed by atoms with Crippen LogP contribution in [0.4, 0.5) is 24.5 Å². The molecule has 0 spiro atoms. The number of alkyl halides is 3. The van der Waals surface area contributed by atoms with Crippen molar-refractivity contribution in [3.8, 4) is 0 Å². The fourth-order valence-electron chi connectivity index (χ4n) is 2.76. The lowest BCUT2D eigenvalue weighted by atomic mass is 9.86. The summed E-state index contributed by atoms with van der Waals surface area (Å²) in [7, 11) is 0. The Bertz CT molecular complexity index is 531. The van der Waals surface area contributed by atoms with Crippen molar-refractivity contribution >= 4 is 11.4 Å². The number of nitro groups is 1. The van der Waals surface area contributed by atoms with Gasteiger partial charge in [-0.1, -0.05) is 19.8 Å². The van der Waals surface area contributed by atoms with E-state index in [-0.39, 0.29) is 11.7 Å². The van der Waals surface area contributed by atoms with E-state index in [1.165, 1.54) is 6.07 Å². The van der Waals surface area contributed by atoms with Crippen molar-refractivity contribution in [1.82, 2.24) is 0 Å². The molecule has 0 bridgehead atoms. The number of rotatable bonds is 3. The smallest absolute Gasteiger partial charge is 0.382 e. The van der Waals surface area contributed by atoms with Gasteiger partial charge in [-0.25, -0.2) is 0 Å². The van der Waals surface area contributed by atoms with E-state index in [1.807, 2.05) is 0 Å². The first-order valence-corrected chi connectivity index (χ1v) is 6.91. The van der Waals surface area contributed by atoms with Crippen molar-refractivity contribution in [1.29, 1.82) is 0 Å². The van der Waals surface area contributed by atoms with Crippen molar-refractivity contribution in [3.63, 3.8) is 0 Å². The number of nitrogens with zero attached hydrogens (tertiary/aromatic N) is 1. The molecule has 1 aliphatic rings. The minimum Gasteiger partial charge on any atom is -0.382 e. The summed E-state index contributed by atoms with van der Waals surface area (Å²) in [6.45, 7) is 2.06. The van der Waals surface area contributed by atoms with E-state index in [4.69, 9.17) is 0 Å². The van der Waals surface area contributed by atoms with Crippen LogP contribution in [-0.2, 0) is 6.18 Å². The zero-order valence-corrected chi connectivity index (χ0v) is 11.6. The second-order valence-electron chi connectivity index (χ2n) is 5.50. The van der Waals surface area contributed by atoms with E-state index in [1.54, 1.807) is 0 Å². The standard InChI is InChI=1S/C14H17F3N2O2/c1-9-4-2-3-5-12(9)18-10-6-7-13(19(20)21)11(8-10)14(15,16)17/h6-9,12,18H,2-5H2,1H3. The first-order chi connectivity index (χ1) is 9.79. The maximum atomic E-state index is 12.9. The number of benzene rings is 1. The largest absolute Gasteiger partial charge is 0.423 e. The van der Waals surface area contributed by atoms with Gasteiger partial charge in [0.15, 0.2) is 0 Å². The van der Waals surface area contributed by atoms with Crippen molar-refractivity contribution < 1.29 is 18.1 Å². The number of nitro benzene ring substituents is 1. The quantitative estimate of drug-likeness (QED) is 0.655. The van der Waals surface area contributed by atoms with E-state index in [0.29, 0.717) is 5.92 Å². The summed E-state index contributed by atoms with van der Waals surface area (Å²) < 4.78 is 38.7. The molecule has 1 N–H and O–H groups in total. The summed E-state index contributed by atoms with van der Waals surface area (Å²) in [5, 5.41) is 13.8. The molecule has 0 heterocycles. The first kappa shape index (κ1) is 15.6. The lowest BCUT2D eigenvalue weighted by Gasteiger charge is -2.30. The molecule has 7 heteroatoms. The molecule has 4 nitrogen and oxygen atoms in total. The van der Waals surface area contributed by atoms with Gasteiger partial charge in [-0.05, 0) is 30.9 Å². The third-order valence-corrected chi connectivity index (χ3v) is 3.96. The molecular weight excluding hydrogens is 285 g/mol. The molecule has 0 aromatic heterocycles. The second-order valence-corrected chi connectivity index (χ2v) is 5.50. The average molecular weight is 302 g/mol. The van der Waals surface area contributed by atoms with Gasteiger partial charge in [0, 0.05) is 17.8 Å². The highest BCUT2D eigenvalue weighted by Crippen LogP contribution is 2.38. The summed E-state index contributed by atoms with van der Waals surface area (Å²) in [6, 6.07) is 3.20. The molecule has 1 aliphatic carbocycles. The van der Waals surface area contributed by atoms with Crippen LogP contribution in [0.5, 0.6) is 0 Å². The van der Waals surface area contributed by atoms with Crippen LogP contribution in [0.25, 0.3) is 0 Å². The second kappa shape index (κ2) is 5.91. The third kappa shape index (κ3) is 3.65. The molecule has 0 aliphatic heterocycles.